The average Bonchev–Trinajstić information content (AvgIpc) is 2.72. The minimum atomic E-state index is -0.800. The third kappa shape index (κ3) is 6.12. The van der Waals surface area contributed by atoms with E-state index in [-0.39, 0.29) is 17.2 Å². The third-order valence-electron chi connectivity index (χ3n) is 4.05. The van der Waals surface area contributed by atoms with E-state index < -0.39 is 11.8 Å². The second kappa shape index (κ2) is 10.7. The zero-order chi connectivity index (χ0) is 20.4. The quantitative estimate of drug-likeness (QED) is 0.482. The number of unbranched alkanes of at least 4 members (excludes halogenated alkanes) is 1. The maximum atomic E-state index is 12.5. The summed E-state index contributed by atoms with van der Waals surface area (Å²) in [6.07, 6.45) is 1.71. The van der Waals surface area contributed by atoms with Gasteiger partial charge in [-0.15, -0.1) is 0 Å². The summed E-state index contributed by atoms with van der Waals surface area (Å²) < 4.78 is 5.11. The fraction of sp³-hybridized carbons (Fsp3) is 0.286. The predicted octanol–water partition coefficient (Wildman–Crippen LogP) is 2.48. The van der Waals surface area contributed by atoms with Crippen LogP contribution in [0, 0.1) is 0 Å². The van der Waals surface area contributed by atoms with Crippen molar-refractivity contribution in [3.8, 4) is 5.75 Å². The topological polar surface area (TPSA) is 96.5 Å². The molecule has 0 unspecified atom stereocenters. The Balaban J connectivity index is 1.98. The summed E-state index contributed by atoms with van der Waals surface area (Å²) in [6, 6.07) is 13.9. The Morgan fingerprint density at radius 1 is 0.929 bits per heavy atom. The van der Waals surface area contributed by atoms with Crippen LogP contribution in [0.5, 0.6) is 5.75 Å². The number of hydrogen-bond acceptors (Lipinski definition) is 4. The van der Waals surface area contributed by atoms with Gasteiger partial charge in [0.2, 0.25) is 0 Å². The third-order valence-corrected chi connectivity index (χ3v) is 4.05. The Bertz CT molecular complexity index is 819. The highest BCUT2D eigenvalue weighted by atomic mass is 16.5. The van der Waals surface area contributed by atoms with E-state index in [0.29, 0.717) is 13.1 Å². The minimum absolute atomic E-state index is 0.283. The van der Waals surface area contributed by atoms with E-state index >= 15 is 0 Å². The van der Waals surface area contributed by atoms with E-state index in [1.165, 1.54) is 0 Å². The first-order chi connectivity index (χ1) is 13.5. The molecule has 7 nitrogen and oxygen atoms in total. The molecule has 2 aromatic rings. The van der Waals surface area contributed by atoms with Crippen molar-refractivity contribution in [3.05, 3.63) is 59.7 Å². The predicted molar refractivity (Wildman–Crippen MR) is 107 cm³/mol. The second-order valence-electron chi connectivity index (χ2n) is 6.14. The average molecular weight is 383 g/mol. The van der Waals surface area contributed by atoms with Crippen LogP contribution < -0.4 is 20.7 Å². The Morgan fingerprint density at radius 3 is 2.32 bits per heavy atom. The van der Waals surface area contributed by atoms with E-state index in [9.17, 15) is 14.4 Å². The van der Waals surface area contributed by atoms with Gasteiger partial charge in [0.05, 0.1) is 18.4 Å². The highest BCUT2D eigenvalue weighted by Gasteiger charge is 2.17. The molecule has 0 spiro atoms. The Labute approximate surface area is 164 Å². The number of nitrogens with one attached hydrogen (secondary N) is 3. The van der Waals surface area contributed by atoms with Gasteiger partial charge in [-0.1, -0.05) is 37.6 Å². The molecule has 0 bridgehead atoms. The molecule has 3 N–H and O–H groups in total. The summed E-state index contributed by atoms with van der Waals surface area (Å²) in [5, 5.41) is 7.86. The molecule has 0 aliphatic rings. The van der Waals surface area contributed by atoms with Crippen molar-refractivity contribution in [1.29, 1.82) is 0 Å². The molecule has 0 heterocycles. The van der Waals surface area contributed by atoms with E-state index in [2.05, 4.69) is 16.0 Å². The molecule has 0 radical (unpaired) electrons. The molecule has 2 rings (SSSR count). The number of anilines is 1. The lowest BCUT2D eigenvalue weighted by Gasteiger charge is -2.12. The van der Waals surface area contributed by atoms with Crippen LogP contribution in [0.15, 0.2) is 48.5 Å². The van der Waals surface area contributed by atoms with Gasteiger partial charge in [-0.25, -0.2) is 0 Å². The van der Waals surface area contributed by atoms with Crippen molar-refractivity contribution in [1.82, 2.24) is 10.6 Å². The van der Waals surface area contributed by atoms with Gasteiger partial charge in [-0.2, -0.15) is 0 Å². The number of ether oxygens (including phenoxy) is 1. The van der Waals surface area contributed by atoms with E-state index in [1.807, 2.05) is 31.2 Å². The summed E-state index contributed by atoms with van der Waals surface area (Å²) in [5.74, 6) is -1.13. The van der Waals surface area contributed by atoms with Gasteiger partial charge in [-0.3, -0.25) is 14.4 Å². The van der Waals surface area contributed by atoms with Gasteiger partial charge in [0.1, 0.15) is 5.75 Å². The highest BCUT2D eigenvalue weighted by molar-refractivity contribution is 6.40. The molecule has 7 heteroatoms. The van der Waals surface area contributed by atoms with Crippen LogP contribution in [-0.2, 0) is 16.1 Å². The smallest absolute Gasteiger partial charge is 0.313 e. The second-order valence-corrected chi connectivity index (χ2v) is 6.14. The lowest BCUT2D eigenvalue weighted by molar-refractivity contribution is -0.136. The number of rotatable bonds is 8. The normalized spacial score (nSPS) is 10.1. The number of methoxy groups -OCH3 is 1. The van der Waals surface area contributed by atoms with Gasteiger partial charge in [0.15, 0.2) is 0 Å². The lowest BCUT2D eigenvalue weighted by atomic mass is 10.1. The van der Waals surface area contributed by atoms with Crippen LogP contribution in [0.25, 0.3) is 0 Å². The van der Waals surface area contributed by atoms with Crippen LogP contribution in [0.4, 0.5) is 5.69 Å². The first-order valence-corrected chi connectivity index (χ1v) is 9.14. The molecule has 28 heavy (non-hydrogen) atoms. The van der Waals surface area contributed by atoms with Gasteiger partial charge in [0, 0.05) is 13.1 Å². The lowest BCUT2D eigenvalue weighted by Crippen LogP contribution is -2.36. The Kier molecular flexibility index (Phi) is 8.02. The summed E-state index contributed by atoms with van der Waals surface area (Å²) in [6.45, 7) is 2.75. The molecular weight excluding hydrogens is 358 g/mol. The number of hydrogen-bond donors (Lipinski definition) is 3. The van der Waals surface area contributed by atoms with Crippen molar-refractivity contribution >= 4 is 23.4 Å². The van der Waals surface area contributed by atoms with Crippen molar-refractivity contribution in [2.45, 2.75) is 26.3 Å². The summed E-state index contributed by atoms with van der Waals surface area (Å²) in [4.78, 5) is 36.4. The van der Waals surface area contributed by atoms with E-state index in [0.717, 1.165) is 24.2 Å². The molecule has 0 atom stereocenters. The highest BCUT2D eigenvalue weighted by Crippen LogP contribution is 2.16. The fourth-order valence-corrected chi connectivity index (χ4v) is 2.45. The number of para-hydroxylation sites is 1. The van der Waals surface area contributed by atoms with Crippen molar-refractivity contribution in [3.63, 3.8) is 0 Å². The fourth-order valence-electron chi connectivity index (χ4n) is 2.45. The molecular formula is C21H25N3O4. The van der Waals surface area contributed by atoms with E-state index in [1.54, 1.807) is 31.4 Å². The van der Waals surface area contributed by atoms with Crippen LogP contribution in [0.1, 0.15) is 35.7 Å². The van der Waals surface area contributed by atoms with Gasteiger partial charge in [0.25, 0.3) is 5.91 Å². The van der Waals surface area contributed by atoms with Gasteiger partial charge in [-0.05, 0) is 36.2 Å². The zero-order valence-corrected chi connectivity index (χ0v) is 16.1. The number of carbonyl (C=O) groups excluding carboxylic acids is 3. The monoisotopic (exact) mass is 383 g/mol. The number of carbonyl (C=O) groups is 3. The molecule has 0 saturated heterocycles. The number of amides is 3. The van der Waals surface area contributed by atoms with Crippen molar-refractivity contribution < 1.29 is 19.1 Å². The van der Waals surface area contributed by atoms with Crippen molar-refractivity contribution in [2.24, 2.45) is 0 Å². The van der Waals surface area contributed by atoms with Gasteiger partial charge >= 0.3 is 11.8 Å². The molecule has 148 valence electrons. The molecule has 0 aromatic heterocycles. The molecule has 0 aliphatic carbocycles. The molecule has 0 saturated carbocycles. The largest absolute Gasteiger partial charge is 0.497 e. The minimum Gasteiger partial charge on any atom is -0.497 e. The summed E-state index contributed by atoms with van der Waals surface area (Å²) >= 11 is 0. The van der Waals surface area contributed by atoms with Crippen LogP contribution in [0.3, 0.4) is 0 Å². The van der Waals surface area contributed by atoms with E-state index in [4.69, 9.17) is 4.74 Å². The molecule has 0 fully saturated rings. The van der Waals surface area contributed by atoms with Crippen LogP contribution >= 0.6 is 0 Å². The summed E-state index contributed by atoms with van der Waals surface area (Å²) in [5.41, 5.74) is 1.47. The first-order valence-electron chi connectivity index (χ1n) is 9.14. The maximum Gasteiger partial charge on any atom is 0.313 e. The maximum absolute atomic E-state index is 12.5. The Hall–Kier alpha value is -3.35. The first kappa shape index (κ1) is 21.0. The molecule has 2 aromatic carbocycles. The standard InChI is InChI=1S/C21H25N3O4/c1-3-4-13-22-20(26)21(27)24-18-8-6-5-7-17(18)19(25)23-14-15-9-11-16(28-2)12-10-15/h5-12H,3-4,13-14H2,1-2H3,(H,22,26)(H,23,25)(H,24,27). The number of benzene rings is 2. The molecule has 0 aliphatic heterocycles. The van der Waals surface area contributed by atoms with Crippen LogP contribution in [-0.4, -0.2) is 31.4 Å². The molecule has 3 amide bonds. The van der Waals surface area contributed by atoms with Crippen LogP contribution in [0.2, 0.25) is 0 Å². The Morgan fingerprint density at radius 2 is 1.64 bits per heavy atom. The van der Waals surface area contributed by atoms with Gasteiger partial charge < -0.3 is 20.7 Å². The van der Waals surface area contributed by atoms with Crippen molar-refractivity contribution in [2.75, 3.05) is 19.0 Å². The summed E-state index contributed by atoms with van der Waals surface area (Å²) in [7, 11) is 1.59. The zero-order valence-electron chi connectivity index (χ0n) is 16.1. The SMILES string of the molecule is CCCCNC(=O)C(=O)Nc1ccccc1C(=O)NCc1ccc(OC)cc1.